The van der Waals surface area contributed by atoms with Crippen LogP contribution >= 0.6 is 11.3 Å². The number of amides is 1. The first-order valence-electron chi connectivity index (χ1n) is 8.54. The van der Waals surface area contributed by atoms with Crippen molar-refractivity contribution in [2.75, 3.05) is 13.2 Å². The third-order valence-corrected chi connectivity index (χ3v) is 5.85. The zero-order valence-electron chi connectivity index (χ0n) is 14.0. The van der Waals surface area contributed by atoms with Crippen LogP contribution in [0.3, 0.4) is 0 Å². The Hall–Kier alpha value is -2.05. The van der Waals surface area contributed by atoms with Crippen LogP contribution in [0.25, 0.3) is 0 Å². The molecular weight excluding hydrogens is 338 g/mol. The van der Waals surface area contributed by atoms with Crippen LogP contribution in [0.2, 0.25) is 0 Å². The number of fused-ring (bicyclic) bond motifs is 1. The number of carbonyl (C=O) groups is 1. The lowest BCUT2D eigenvalue weighted by molar-refractivity contribution is 0.0241. The van der Waals surface area contributed by atoms with Crippen molar-refractivity contribution in [2.45, 2.75) is 31.9 Å². The Bertz CT molecular complexity index is 768. The zero-order chi connectivity index (χ0) is 17.4. The van der Waals surface area contributed by atoms with Crippen molar-refractivity contribution in [3.8, 4) is 11.5 Å². The van der Waals surface area contributed by atoms with Gasteiger partial charge in [-0.2, -0.15) is 0 Å². The second-order valence-electron chi connectivity index (χ2n) is 6.66. The Kier molecular flexibility index (Phi) is 4.39. The Morgan fingerprint density at radius 3 is 2.64 bits per heavy atom. The molecule has 1 aromatic carbocycles. The molecule has 0 bridgehead atoms. The van der Waals surface area contributed by atoms with Crippen molar-refractivity contribution in [1.82, 2.24) is 5.32 Å². The molecule has 1 aliphatic heterocycles. The number of ether oxygens (including phenoxy) is 2. The molecule has 2 heterocycles. The summed E-state index contributed by atoms with van der Waals surface area (Å²) in [4.78, 5) is 14.0. The first-order chi connectivity index (χ1) is 12.1. The van der Waals surface area contributed by atoms with E-state index in [1.165, 1.54) is 0 Å². The van der Waals surface area contributed by atoms with E-state index in [1.54, 1.807) is 17.4 Å². The Labute approximate surface area is 150 Å². The molecule has 1 atom stereocenters. The van der Waals surface area contributed by atoms with Crippen LogP contribution in [0.1, 0.15) is 39.7 Å². The van der Waals surface area contributed by atoms with Gasteiger partial charge in [0.2, 0.25) is 0 Å². The van der Waals surface area contributed by atoms with E-state index in [4.69, 9.17) is 9.47 Å². The normalized spacial score (nSPS) is 22.8. The van der Waals surface area contributed by atoms with Gasteiger partial charge in [-0.05, 0) is 54.8 Å². The van der Waals surface area contributed by atoms with E-state index < -0.39 is 0 Å². The summed E-state index contributed by atoms with van der Waals surface area (Å²) in [6.45, 7) is 2.93. The average molecular weight is 359 g/mol. The van der Waals surface area contributed by atoms with Crippen LogP contribution < -0.4 is 14.8 Å². The molecule has 0 unspecified atom stereocenters. The maximum absolute atomic E-state index is 12.9. The smallest absolute Gasteiger partial charge is 0.252 e. The quantitative estimate of drug-likeness (QED) is 0.880. The standard InChI is InChI=1S/C19H21NO4S/c1-11-7-15-16(24-5-4-23-15)10-14(11)19(22)20-18(12-8-13(21)9-12)17-3-2-6-25-17/h2-3,6-7,10,12-13,18,21H,4-5,8-9H2,1H3,(H,20,22)/t12?,13?,18-/m0/s1. The molecule has 2 aliphatic rings. The SMILES string of the molecule is Cc1cc2c(cc1C(=O)N[C@H](c1cccs1)C1CC(O)C1)OCCO2. The van der Waals surface area contributed by atoms with E-state index in [-0.39, 0.29) is 24.0 Å². The number of aryl methyl sites for hydroxylation is 1. The predicted octanol–water partition coefficient (Wildman–Crippen LogP) is 3.07. The topological polar surface area (TPSA) is 67.8 Å². The molecule has 132 valence electrons. The van der Waals surface area contributed by atoms with Gasteiger partial charge in [0, 0.05) is 10.4 Å². The maximum Gasteiger partial charge on any atom is 0.252 e. The summed E-state index contributed by atoms with van der Waals surface area (Å²) in [6, 6.07) is 7.58. The van der Waals surface area contributed by atoms with Gasteiger partial charge >= 0.3 is 0 Å². The van der Waals surface area contributed by atoms with E-state index >= 15 is 0 Å². The van der Waals surface area contributed by atoms with Gasteiger partial charge in [-0.15, -0.1) is 11.3 Å². The van der Waals surface area contributed by atoms with E-state index in [9.17, 15) is 9.90 Å². The molecule has 1 amide bonds. The molecule has 2 aromatic rings. The van der Waals surface area contributed by atoms with Gasteiger partial charge in [0.1, 0.15) is 13.2 Å². The summed E-state index contributed by atoms with van der Waals surface area (Å²) in [5, 5.41) is 14.8. The van der Waals surface area contributed by atoms with Crippen LogP contribution in [-0.2, 0) is 0 Å². The molecule has 6 heteroatoms. The molecule has 0 spiro atoms. The highest BCUT2D eigenvalue weighted by Crippen LogP contribution is 2.40. The lowest BCUT2D eigenvalue weighted by Crippen LogP contribution is -2.41. The lowest BCUT2D eigenvalue weighted by atomic mass is 9.76. The molecule has 0 radical (unpaired) electrons. The second-order valence-corrected chi connectivity index (χ2v) is 7.64. The van der Waals surface area contributed by atoms with Crippen molar-refractivity contribution >= 4 is 17.2 Å². The molecule has 1 aromatic heterocycles. The molecule has 25 heavy (non-hydrogen) atoms. The number of hydrogen-bond acceptors (Lipinski definition) is 5. The first kappa shape index (κ1) is 16.4. The van der Waals surface area contributed by atoms with Crippen LogP contribution in [0, 0.1) is 12.8 Å². The number of nitrogens with one attached hydrogen (secondary N) is 1. The van der Waals surface area contributed by atoms with Crippen LogP contribution in [0.4, 0.5) is 0 Å². The zero-order valence-corrected chi connectivity index (χ0v) is 14.8. The van der Waals surface area contributed by atoms with Crippen molar-refractivity contribution in [3.05, 3.63) is 45.6 Å². The summed E-state index contributed by atoms with van der Waals surface area (Å²) in [7, 11) is 0. The minimum atomic E-state index is -0.250. The largest absolute Gasteiger partial charge is 0.486 e. The van der Waals surface area contributed by atoms with Gasteiger partial charge in [0.25, 0.3) is 5.91 Å². The summed E-state index contributed by atoms with van der Waals surface area (Å²) >= 11 is 1.63. The minimum Gasteiger partial charge on any atom is -0.486 e. The van der Waals surface area contributed by atoms with E-state index in [2.05, 4.69) is 5.32 Å². The van der Waals surface area contributed by atoms with Crippen LogP contribution in [-0.4, -0.2) is 30.3 Å². The first-order valence-corrected chi connectivity index (χ1v) is 9.42. The third-order valence-electron chi connectivity index (χ3n) is 4.89. The predicted molar refractivity (Wildman–Crippen MR) is 95.4 cm³/mol. The fourth-order valence-corrected chi connectivity index (χ4v) is 4.32. The van der Waals surface area contributed by atoms with Crippen molar-refractivity contribution in [1.29, 1.82) is 0 Å². The maximum atomic E-state index is 12.9. The van der Waals surface area contributed by atoms with Gasteiger partial charge in [-0.3, -0.25) is 4.79 Å². The molecule has 1 fully saturated rings. The van der Waals surface area contributed by atoms with Crippen molar-refractivity contribution in [2.24, 2.45) is 5.92 Å². The Morgan fingerprint density at radius 1 is 1.28 bits per heavy atom. The molecule has 1 aliphatic carbocycles. The van der Waals surface area contributed by atoms with E-state index in [0.29, 0.717) is 30.3 Å². The number of rotatable bonds is 4. The van der Waals surface area contributed by atoms with Gasteiger partial charge in [0.15, 0.2) is 11.5 Å². The Balaban J connectivity index is 1.57. The number of benzene rings is 1. The molecule has 5 nitrogen and oxygen atoms in total. The molecule has 2 N–H and O–H groups in total. The Morgan fingerprint density at radius 2 is 2.00 bits per heavy atom. The summed E-state index contributed by atoms with van der Waals surface area (Å²) < 4.78 is 11.2. The molecule has 0 saturated heterocycles. The highest BCUT2D eigenvalue weighted by atomic mass is 32.1. The third kappa shape index (κ3) is 3.24. The number of thiophene rings is 1. The fraction of sp³-hybridized carbons (Fsp3) is 0.421. The van der Waals surface area contributed by atoms with Gasteiger partial charge in [-0.25, -0.2) is 0 Å². The van der Waals surface area contributed by atoms with Crippen LogP contribution in [0.15, 0.2) is 29.6 Å². The summed E-state index contributed by atoms with van der Waals surface area (Å²) in [6.07, 6.45) is 1.20. The van der Waals surface area contributed by atoms with Gasteiger partial charge in [0.05, 0.1) is 12.1 Å². The number of aliphatic hydroxyl groups is 1. The van der Waals surface area contributed by atoms with Gasteiger partial charge < -0.3 is 19.9 Å². The van der Waals surface area contributed by atoms with Crippen molar-refractivity contribution < 1.29 is 19.4 Å². The molecule has 1 saturated carbocycles. The number of carbonyl (C=O) groups excluding carboxylic acids is 1. The highest BCUT2D eigenvalue weighted by molar-refractivity contribution is 7.10. The summed E-state index contributed by atoms with van der Waals surface area (Å²) in [5.41, 5.74) is 1.46. The number of hydrogen-bond donors (Lipinski definition) is 2. The lowest BCUT2D eigenvalue weighted by Gasteiger charge is -2.37. The van der Waals surface area contributed by atoms with Crippen LogP contribution in [0.5, 0.6) is 11.5 Å². The van der Waals surface area contributed by atoms with E-state index in [0.717, 1.165) is 23.3 Å². The summed E-state index contributed by atoms with van der Waals surface area (Å²) in [5.74, 6) is 1.47. The average Bonchev–Trinajstić information content (AvgIpc) is 3.10. The van der Waals surface area contributed by atoms with E-state index in [1.807, 2.05) is 30.5 Å². The minimum absolute atomic E-state index is 0.0662. The second kappa shape index (κ2) is 6.69. The van der Waals surface area contributed by atoms with Crippen molar-refractivity contribution in [3.63, 3.8) is 0 Å². The highest BCUT2D eigenvalue weighted by Gasteiger charge is 2.36. The molecular formula is C19H21NO4S. The fourth-order valence-electron chi connectivity index (χ4n) is 3.45. The van der Waals surface area contributed by atoms with Gasteiger partial charge in [-0.1, -0.05) is 6.07 Å². The number of aliphatic hydroxyl groups excluding tert-OH is 1. The monoisotopic (exact) mass is 359 g/mol. The molecule has 4 rings (SSSR count).